The van der Waals surface area contributed by atoms with Crippen LogP contribution >= 0.6 is 11.8 Å². The molecule has 1 aromatic heterocycles. The summed E-state index contributed by atoms with van der Waals surface area (Å²) in [6.07, 6.45) is -0.102. The van der Waals surface area contributed by atoms with Crippen molar-refractivity contribution in [3.8, 4) is 0 Å². The lowest BCUT2D eigenvalue weighted by Crippen LogP contribution is -2.24. The number of esters is 1. The Balaban J connectivity index is 2.15. The van der Waals surface area contributed by atoms with Crippen LogP contribution in [0.15, 0.2) is 34.2 Å². The van der Waals surface area contributed by atoms with E-state index in [2.05, 4.69) is 33.9 Å². The largest absolute Gasteiger partial charge is 0.469 e. The van der Waals surface area contributed by atoms with Gasteiger partial charge in [-0.25, -0.2) is 4.98 Å². The monoisotopic (exact) mass is 403 g/mol. The van der Waals surface area contributed by atoms with Gasteiger partial charge >= 0.3 is 5.97 Å². The number of anilines is 1. The highest BCUT2D eigenvalue weighted by molar-refractivity contribution is 8.00. The number of benzene rings is 1. The average Bonchev–Trinajstić information content (AvgIpc) is 2.62. The number of carbonyl (C=O) groups excluding carboxylic acids is 2. The summed E-state index contributed by atoms with van der Waals surface area (Å²) in [4.78, 5) is 42.8. The molecule has 28 heavy (non-hydrogen) atoms. The number of nitrogens with one attached hydrogen (secondary N) is 2. The van der Waals surface area contributed by atoms with Crippen molar-refractivity contribution in [3.63, 3.8) is 0 Å². The van der Waals surface area contributed by atoms with Crippen LogP contribution in [-0.4, -0.2) is 34.2 Å². The van der Waals surface area contributed by atoms with Gasteiger partial charge in [0.2, 0.25) is 5.91 Å². The Bertz CT molecular complexity index is 924. The van der Waals surface area contributed by atoms with Crippen molar-refractivity contribution in [1.82, 2.24) is 9.97 Å². The maximum Gasteiger partial charge on any atom is 0.311 e. The highest BCUT2D eigenvalue weighted by Gasteiger charge is 2.19. The zero-order valence-electron chi connectivity index (χ0n) is 16.7. The molecule has 0 spiro atoms. The number of ether oxygens (including phenoxy) is 1. The first kappa shape index (κ1) is 21.7. The van der Waals surface area contributed by atoms with E-state index in [0.29, 0.717) is 5.69 Å². The number of hydrogen-bond donors (Lipinski definition) is 2. The van der Waals surface area contributed by atoms with Crippen LogP contribution in [0.3, 0.4) is 0 Å². The van der Waals surface area contributed by atoms with Crippen LogP contribution in [0.4, 0.5) is 5.69 Å². The second-order valence-corrected chi connectivity index (χ2v) is 8.07. The van der Waals surface area contributed by atoms with E-state index in [0.717, 1.165) is 28.6 Å². The minimum absolute atomic E-state index is 0.102. The number of aromatic nitrogens is 2. The summed E-state index contributed by atoms with van der Waals surface area (Å²) < 4.78 is 4.60. The number of carbonyl (C=O) groups is 2. The number of para-hydroxylation sites is 1. The number of H-pyrrole nitrogens is 1. The molecule has 1 amide bonds. The fraction of sp³-hybridized carbons (Fsp3) is 0.400. The van der Waals surface area contributed by atoms with E-state index in [4.69, 9.17) is 0 Å². The third kappa shape index (κ3) is 5.69. The number of hydrogen-bond acceptors (Lipinski definition) is 6. The first-order valence-corrected chi connectivity index (χ1v) is 9.83. The number of amides is 1. The average molecular weight is 404 g/mol. The number of nitrogens with zero attached hydrogens (tertiary/aromatic N) is 1. The third-order valence-corrected chi connectivity index (χ3v) is 5.14. The molecule has 0 aliphatic rings. The van der Waals surface area contributed by atoms with Crippen molar-refractivity contribution in [2.45, 2.75) is 50.4 Å². The molecule has 2 rings (SSSR count). The van der Waals surface area contributed by atoms with Gasteiger partial charge in [0, 0.05) is 11.8 Å². The van der Waals surface area contributed by atoms with Crippen LogP contribution in [-0.2, 0) is 20.7 Å². The molecular weight excluding hydrogens is 378 g/mol. The van der Waals surface area contributed by atoms with Crippen LogP contribution in [0.5, 0.6) is 0 Å². The van der Waals surface area contributed by atoms with Crippen LogP contribution in [0.25, 0.3) is 0 Å². The lowest BCUT2D eigenvalue weighted by Gasteiger charge is -2.18. The van der Waals surface area contributed by atoms with Gasteiger partial charge in [-0.2, -0.15) is 0 Å². The van der Waals surface area contributed by atoms with Gasteiger partial charge in [-0.05, 0) is 30.9 Å². The summed E-state index contributed by atoms with van der Waals surface area (Å²) in [6.45, 7) is 7.84. The van der Waals surface area contributed by atoms with Crippen LogP contribution in [0.2, 0.25) is 0 Å². The molecule has 1 atom stereocenters. The molecular formula is C20H25N3O4S. The third-order valence-electron chi connectivity index (χ3n) is 4.16. The maximum atomic E-state index is 12.7. The Kier molecular flexibility index (Phi) is 7.39. The Morgan fingerprint density at radius 3 is 2.64 bits per heavy atom. The van der Waals surface area contributed by atoms with Crippen molar-refractivity contribution in [3.05, 3.63) is 51.4 Å². The smallest absolute Gasteiger partial charge is 0.311 e. The van der Waals surface area contributed by atoms with Gasteiger partial charge in [0.15, 0.2) is 5.16 Å². The standard InChI is InChI=1S/C20H25N3O4S/c1-11(2)15-8-6-7-12(3)18(15)23-19(26)13(4)28-20-21-14(9-16(24)22-20)10-17(25)27-5/h6-9,11,13H,10H2,1-5H3,(H,23,26)(H,21,22,24)/t13-/m1/s1. The van der Waals surface area contributed by atoms with Crippen LogP contribution < -0.4 is 10.9 Å². The Morgan fingerprint density at radius 2 is 2.00 bits per heavy atom. The van der Waals surface area contributed by atoms with Gasteiger partial charge in [0.05, 0.1) is 24.5 Å². The van der Waals surface area contributed by atoms with E-state index in [-0.39, 0.29) is 29.0 Å². The molecule has 1 aromatic carbocycles. The van der Waals surface area contributed by atoms with E-state index < -0.39 is 11.2 Å². The van der Waals surface area contributed by atoms with E-state index in [1.165, 1.54) is 13.2 Å². The Hall–Kier alpha value is -2.61. The number of methoxy groups -OCH3 is 1. The lowest BCUT2D eigenvalue weighted by atomic mass is 9.98. The first-order valence-electron chi connectivity index (χ1n) is 8.95. The quantitative estimate of drug-likeness (QED) is 0.419. The molecule has 150 valence electrons. The highest BCUT2D eigenvalue weighted by atomic mass is 32.2. The van der Waals surface area contributed by atoms with Gasteiger partial charge < -0.3 is 15.0 Å². The zero-order chi connectivity index (χ0) is 20.8. The number of thioether (sulfide) groups is 1. The number of rotatable bonds is 7. The fourth-order valence-electron chi connectivity index (χ4n) is 2.64. The lowest BCUT2D eigenvalue weighted by molar-refractivity contribution is -0.139. The molecule has 1 heterocycles. The zero-order valence-corrected chi connectivity index (χ0v) is 17.5. The van der Waals surface area contributed by atoms with Crippen molar-refractivity contribution in [2.24, 2.45) is 0 Å². The molecule has 0 bridgehead atoms. The number of aryl methyl sites for hydroxylation is 1. The molecule has 0 saturated carbocycles. The van der Waals surface area contributed by atoms with Crippen LogP contribution in [0.1, 0.15) is 43.5 Å². The minimum Gasteiger partial charge on any atom is -0.469 e. The van der Waals surface area contributed by atoms with E-state index in [9.17, 15) is 14.4 Å². The summed E-state index contributed by atoms with van der Waals surface area (Å²) in [7, 11) is 1.27. The topological polar surface area (TPSA) is 101 Å². The molecule has 0 aliphatic heterocycles. The second kappa shape index (κ2) is 9.54. The molecule has 2 N–H and O–H groups in total. The molecule has 2 aromatic rings. The van der Waals surface area contributed by atoms with Gasteiger partial charge in [-0.15, -0.1) is 0 Å². The maximum absolute atomic E-state index is 12.7. The van der Waals surface area contributed by atoms with Gasteiger partial charge in [-0.3, -0.25) is 14.4 Å². The number of aromatic amines is 1. The Labute approximate surface area is 168 Å². The fourth-order valence-corrected chi connectivity index (χ4v) is 3.47. The molecule has 7 nitrogen and oxygen atoms in total. The summed E-state index contributed by atoms with van der Waals surface area (Å²) in [5.41, 5.74) is 2.79. The summed E-state index contributed by atoms with van der Waals surface area (Å²) in [5, 5.41) is 2.77. The molecule has 0 unspecified atom stereocenters. The highest BCUT2D eigenvalue weighted by Crippen LogP contribution is 2.28. The summed E-state index contributed by atoms with van der Waals surface area (Å²) in [6, 6.07) is 7.17. The van der Waals surface area contributed by atoms with Crippen LogP contribution in [0, 0.1) is 6.92 Å². The van der Waals surface area contributed by atoms with E-state index in [1.54, 1.807) is 6.92 Å². The molecule has 8 heteroatoms. The second-order valence-electron chi connectivity index (χ2n) is 6.74. The molecule has 0 saturated heterocycles. The predicted octanol–water partition coefficient (Wildman–Crippen LogP) is 3.04. The Morgan fingerprint density at radius 1 is 1.29 bits per heavy atom. The summed E-state index contributed by atoms with van der Waals surface area (Å²) in [5.74, 6) is -0.408. The van der Waals surface area contributed by atoms with Crippen molar-refractivity contribution >= 4 is 29.3 Å². The van der Waals surface area contributed by atoms with Crippen molar-refractivity contribution in [2.75, 3.05) is 12.4 Å². The molecule has 0 radical (unpaired) electrons. The van der Waals surface area contributed by atoms with Crippen molar-refractivity contribution < 1.29 is 14.3 Å². The van der Waals surface area contributed by atoms with Gasteiger partial charge in [0.25, 0.3) is 5.56 Å². The van der Waals surface area contributed by atoms with E-state index >= 15 is 0 Å². The minimum atomic E-state index is -0.504. The van der Waals surface area contributed by atoms with E-state index in [1.807, 2.05) is 25.1 Å². The van der Waals surface area contributed by atoms with Gasteiger partial charge in [-0.1, -0.05) is 43.8 Å². The first-order chi connectivity index (χ1) is 13.2. The summed E-state index contributed by atoms with van der Waals surface area (Å²) >= 11 is 1.12. The molecule has 0 aliphatic carbocycles. The van der Waals surface area contributed by atoms with Crippen molar-refractivity contribution in [1.29, 1.82) is 0 Å². The molecule has 0 fully saturated rings. The van der Waals surface area contributed by atoms with Gasteiger partial charge in [0.1, 0.15) is 0 Å². The predicted molar refractivity (Wildman–Crippen MR) is 110 cm³/mol. The normalized spacial score (nSPS) is 11.9. The SMILES string of the molecule is COC(=O)Cc1cc(=O)[nH]c(S[C@H](C)C(=O)Nc2c(C)cccc2C(C)C)n1.